The third-order valence-corrected chi connectivity index (χ3v) is 7.23. The molecule has 3 amide bonds. The zero-order chi connectivity index (χ0) is 27.0. The molecule has 0 unspecified atom stereocenters. The number of fused-ring (bicyclic) bond motifs is 1. The first-order valence-electron chi connectivity index (χ1n) is 12.7. The Labute approximate surface area is 225 Å². The van der Waals surface area contributed by atoms with Crippen LogP contribution in [0.4, 0.5) is 0 Å². The second-order valence-electron chi connectivity index (χ2n) is 10.9. The summed E-state index contributed by atoms with van der Waals surface area (Å²) in [5.74, 6) is -0.668. The van der Waals surface area contributed by atoms with Gasteiger partial charge in [0.05, 0.1) is 5.56 Å². The Morgan fingerprint density at radius 2 is 1.71 bits per heavy atom. The number of carbonyl (C=O) groups is 3. The summed E-state index contributed by atoms with van der Waals surface area (Å²) >= 11 is 5.94. The van der Waals surface area contributed by atoms with E-state index in [1.807, 2.05) is 0 Å². The average Bonchev–Trinajstić information content (AvgIpc) is 3.71. The van der Waals surface area contributed by atoms with Crippen molar-refractivity contribution < 1.29 is 14.4 Å². The average molecular weight is 536 g/mol. The second kappa shape index (κ2) is 10.2. The Hall–Kier alpha value is -3.72. The highest BCUT2D eigenvalue weighted by Gasteiger charge is 2.37. The normalized spacial score (nSPS) is 16.1. The van der Waals surface area contributed by atoms with Gasteiger partial charge in [-0.15, -0.1) is 0 Å². The standard InChI is InChI=1S/C28H30ClN5O4/c1-28(2)15-33(16-28)23(35)14-34-24-21(20(9-10-30-24)25(36)31-12-17-3-4-17)11-22(27(34)38)26(37)32-13-18-5-7-19(29)8-6-18/h5-11,17H,3-4,12-16H2,1-2H3,(H,31,36)(H,32,37). The van der Waals surface area contributed by atoms with E-state index in [4.69, 9.17) is 11.6 Å². The van der Waals surface area contributed by atoms with Crippen molar-refractivity contribution in [1.29, 1.82) is 0 Å². The molecule has 2 aromatic heterocycles. The molecular formula is C28H30ClN5O4. The molecule has 1 aromatic carbocycles. The van der Waals surface area contributed by atoms with Gasteiger partial charge in [0.2, 0.25) is 5.91 Å². The molecule has 9 nitrogen and oxygen atoms in total. The predicted octanol–water partition coefficient (Wildman–Crippen LogP) is 2.99. The molecule has 0 bridgehead atoms. The minimum atomic E-state index is -0.637. The van der Waals surface area contributed by atoms with Crippen LogP contribution in [-0.2, 0) is 17.9 Å². The Kier molecular flexibility index (Phi) is 6.96. The van der Waals surface area contributed by atoms with E-state index < -0.39 is 11.5 Å². The van der Waals surface area contributed by atoms with Crippen molar-refractivity contribution in [3.05, 3.63) is 74.7 Å². The zero-order valence-electron chi connectivity index (χ0n) is 21.4. The lowest BCUT2D eigenvalue weighted by Gasteiger charge is -2.45. The van der Waals surface area contributed by atoms with Gasteiger partial charge in [-0.3, -0.25) is 23.7 Å². The van der Waals surface area contributed by atoms with E-state index in [0.29, 0.717) is 41.5 Å². The van der Waals surface area contributed by atoms with Gasteiger partial charge in [-0.25, -0.2) is 4.98 Å². The fourth-order valence-corrected chi connectivity index (χ4v) is 4.83. The SMILES string of the molecule is CC1(C)CN(C(=O)Cn2c(=O)c(C(=O)NCc3ccc(Cl)cc3)cc3c(C(=O)NCC4CC4)ccnc32)C1. The van der Waals surface area contributed by atoms with Crippen molar-refractivity contribution in [2.75, 3.05) is 19.6 Å². The van der Waals surface area contributed by atoms with E-state index in [9.17, 15) is 19.2 Å². The summed E-state index contributed by atoms with van der Waals surface area (Å²) < 4.78 is 1.21. The second-order valence-corrected chi connectivity index (χ2v) is 11.4. The lowest BCUT2D eigenvalue weighted by Crippen LogP contribution is -2.56. The van der Waals surface area contributed by atoms with Crippen molar-refractivity contribution in [3.63, 3.8) is 0 Å². The number of nitrogens with zero attached hydrogens (tertiary/aromatic N) is 3. The van der Waals surface area contributed by atoms with Crippen LogP contribution < -0.4 is 16.2 Å². The van der Waals surface area contributed by atoms with Crippen LogP contribution in [-0.4, -0.2) is 51.8 Å². The minimum absolute atomic E-state index is 0.0250. The number of pyridine rings is 2. The third-order valence-electron chi connectivity index (χ3n) is 6.98. The van der Waals surface area contributed by atoms with E-state index in [0.717, 1.165) is 18.4 Å². The molecule has 1 saturated carbocycles. The number of carbonyl (C=O) groups excluding carboxylic acids is 3. The molecule has 2 aliphatic rings. The summed E-state index contributed by atoms with van der Waals surface area (Å²) in [5, 5.41) is 6.61. The summed E-state index contributed by atoms with van der Waals surface area (Å²) in [7, 11) is 0. The molecule has 10 heteroatoms. The van der Waals surface area contributed by atoms with Crippen molar-refractivity contribution in [3.8, 4) is 0 Å². The number of amides is 3. The summed E-state index contributed by atoms with van der Waals surface area (Å²) in [5.41, 5.74) is 0.526. The number of hydrogen-bond acceptors (Lipinski definition) is 5. The maximum absolute atomic E-state index is 13.5. The van der Waals surface area contributed by atoms with Gasteiger partial charge in [0.1, 0.15) is 17.8 Å². The zero-order valence-corrected chi connectivity index (χ0v) is 22.2. The van der Waals surface area contributed by atoms with Crippen molar-refractivity contribution >= 4 is 40.4 Å². The Balaban J connectivity index is 1.50. The first-order valence-corrected chi connectivity index (χ1v) is 13.1. The van der Waals surface area contributed by atoms with Gasteiger partial charge in [0, 0.05) is 42.8 Å². The number of nitrogens with one attached hydrogen (secondary N) is 2. The molecule has 3 heterocycles. The van der Waals surface area contributed by atoms with Crippen LogP contribution in [0.25, 0.3) is 11.0 Å². The van der Waals surface area contributed by atoms with Gasteiger partial charge in [0.15, 0.2) is 0 Å². The van der Waals surface area contributed by atoms with Crippen LogP contribution in [0.15, 0.2) is 47.4 Å². The molecule has 1 aliphatic heterocycles. The molecule has 0 spiro atoms. The lowest BCUT2D eigenvalue weighted by atomic mass is 9.84. The van der Waals surface area contributed by atoms with Crippen LogP contribution in [0.5, 0.6) is 0 Å². The van der Waals surface area contributed by atoms with Gasteiger partial charge in [-0.2, -0.15) is 0 Å². The quantitative estimate of drug-likeness (QED) is 0.460. The number of aromatic nitrogens is 2. The van der Waals surface area contributed by atoms with Crippen LogP contribution in [0.3, 0.4) is 0 Å². The third kappa shape index (κ3) is 5.57. The first kappa shape index (κ1) is 25.9. The molecule has 2 fully saturated rings. The number of benzene rings is 1. The van der Waals surface area contributed by atoms with Crippen molar-refractivity contribution in [2.24, 2.45) is 11.3 Å². The molecule has 5 rings (SSSR count). The monoisotopic (exact) mass is 535 g/mol. The molecule has 1 saturated heterocycles. The van der Waals surface area contributed by atoms with Crippen LogP contribution in [0.2, 0.25) is 5.02 Å². The fraction of sp³-hybridized carbons (Fsp3) is 0.393. The van der Waals surface area contributed by atoms with E-state index in [1.165, 1.54) is 16.8 Å². The Morgan fingerprint density at radius 1 is 1.03 bits per heavy atom. The minimum Gasteiger partial charge on any atom is -0.352 e. The highest BCUT2D eigenvalue weighted by Crippen LogP contribution is 2.29. The molecule has 0 atom stereocenters. The molecule has 3 aromatic rings. The van der Waals surface area contributed by atoms with Gasteiger partial charge in [-0.1, -0.05) is 37.6 Å². The van der Waals surface area contributed by atoms with E-state index in [1.54, 1.807) is 35.2 Å². The van der Waals surface area contributed by atoms with Crippen LogP contribution >= 0.6 is 11.6 Å². The summed E-state index contributed by atoms with van der Waals surface area (Å²) in [6.07, 6.45) is 3.62. The van der Waals surface area contributed by atoms with E-state index in [2.05, 4.69) is 29.5 Å². The number of halogens is 1. The Morgan fingerprint density at radius 3 is 2.37 bits per heavy atom. The maximum atomic E-state index is 13.5. The summed E-state index contributed by atoms with van der Waals surface area (Å²) in [6.45, 7) is 5.78. The van der Waals surface area contributed by atoms with Gasteiger partial charge < -0.3 is 15.5 Å². The Bertz CT molecular complexity index is 1470. The smallest absolute Gasteiger partial charge is 0.265 e. The molecule has 198 valence electrons. The van der Waals surface area contributed by atoms with Gasteiger partial charge >= 0.3 is 0 Å². The largest absolute Gasteiger partial charge is 0.352 e. The number of hydrogen-bond donors (Lipinski definition) is 2. The van der Waals surface area contributed by atoms with E-state index >= 15 is 0 Å². The van der Waals surface area contributed by atoms with Crippen molar-refractivity contribution in [1.82, 2.24) is 25.1 Å². The number of rotatable bonds is 8. The van der Waals surface area contributed by atoms with Crippen molar-refractivity contribution in [2.45, 2.75) is 39.8 Å². The van der Waals surface area contributed by atoms with Gasteiger partial charge in [-0.05, 0) is 54.0 Å². The lowest BCUT2D eigenvalue weighted by molar-refractivity contribution is -0.142. The highest BCUT2D eigenvalue weighted by atomic mass is 35.5. The van der Waals surface area contributed by atoms with E-state index in [-0.39, 0.29) is 41.5 Å². The van der Waals surface area contributed by atoms with Crippen LogP contribution in [0.1, 0.15) is 53.0 Å². The van der Waals surface area contributed by atoms with Crippen LogP contribution in [0, 0.1) is 11.3 Å². The highest BCUT2D eigenvalue weighted by molar-refractivity contribution is 6.30. The molecule has 1 aliphatic carbocycles. The fourth-order valence-electron chi connectivity index (χ4n) is 4.71. The predicted molar refractivity (Wildman–Crippen MR) is 144 cm³/mol. The summed E-state index contributed by atoms with van der Waals surface area (Å²) in [6, 6.07) is 9.96. The molecule has 0 radical (unpaired) electrons. The summed E-state index contributed by atoms with van der Waals surface area (Å²) in [4.78, 5) is 58.9. The first-order chi connectivity index (χ1) is 18.1. The molecular weight excluding hydrogens is 506 g/mol. The molecule has 2 N–H and O–H groups in total. The topological polar surface area (TPSA) is 113 Å². The number of likely N-dealkylation sites (tertiary alicyclic amines) is 1. The maximum Gasteiger partial charge on any atom is 0.265 e. The molecule has 38 heavy (non-hydrogen) atoms. The van der Waals surface area contributed by atoms with Gasteiger partial charge in [0.25, 0.3) is 17.4 Å².